The molecule has 3 aliphatic rings. The van der Waals surface area contributed by atoms with Gasteiger partial charge in [0.25, 0.3) is 5.91 Å². The van der Waals surface area contributed by atoms with E-state index in [1.165, 1.54) is 14.2 Å². The lowest BCUT2D eigenvalue weighted by Crippen LogP contribution is -2.57. The van der Waals surface area contributed by atoms with E-state index in [0.717, 1.165) is 62.8 Å². The van der Waals surface area contributed by atoms with Crippen molar-refractivity contribution in [3.63, 3.8) is 0 Å². The second kappa shape index (κ2) is 17.9. The van der Waals surface area contributed by atoms with Crippen LogP contribution in [0.15, 0.2) is 116 Å². The Morgan fingerprint density at radius 2 is 1.47 bits per heavy atom. The number of carbonyl (C=O) groups excluding carboxylic acids is 4. The molecular weight excluding hydrogens is 785 g/mol. The van der Waals surface area contributed by atoms with Crippen molar-refractivity contribution in [2.75, 3.05) is 27.3 Å². The molecule has 1 unspecified atom stereocenters. The van der Waals surface area contributed by atoms with Gasteiger partial charge in [0.2, 0.25) is 5.91 Å². The molecule has 4 aromatic carbocycles. The average molecular weight is 837 g/mol. The summed E-state index contributed by atoms with van der Waals surface area (Å²) in [6, 6.07) is 28.3. The summed E-state index contributed by atoms with van der Waals surface area (Å²) in [6.07, 6.45) is 4.43. The number of likely N-dealkylation sites (tertiary alicyclic amines) is 2. The van der Waals surface area contributed by atoms with Gasteiger partial charge in [-0.3, -0.25) is 9.59 Å². The molecule has 8 rings (SSSR count). The van der Waals surface area contributed by atoms with Gasteiger partial charge in [-0.15, -0.1) is 0 Å². The first-order valence-corrected chi connectivity index (χ1v) is 21.0. The molecule has 4 heterocycles. The van der Waals surface area contributed by atoms with Crippen LogP contribution < -0.4 is 21.3 Å². The van der Waals surface area contributed by atoms with E-state index in [9.17, 15) is 19.2 Å². The van der Waals surface area contributed by atoms with E-state index in [0.29, 0.717) is 30.9 Å². The van der Waals surface area contributed by atoms with Gasteiger partial charge in [0.15, 0.2) is 0 Å². The summed E-state index contributed by atoms with van der Waals surface area (Å²) in [4.78, 5) is 63.7. The third kappa shape index (κ3) is 8.58. The summed E-state index contributed by atoms with van der Waals surface area (Å²) in [7, 11) is 2.57. The molecule has 5 atom stereocenters. The van der Waals surface area contributed by atoms with Crippen LogP contribution >= 0.6 is 0 Å². The Labute approximate surface area is 360 Å². The van der Waals surface area contributed by atoms with Gasteiger partial charge in [-0.25, -0.2) is 14.6 Å². The van der Waals surface area contributed by atoms with E-state index in [1.807, 2.05) is 50.4 Å². The number of hydrogen-bond acceptors (Lipinski definition) is 9. The highest BCUT2D eigenvalue weighted by Gasteiger charge is 2.42. The number of fused-ring (bicyclic) bond motifs is 1. The van der Waals surface area contributed by atoms with Crippen LogP contribution in [0, 0.1) is 5.92 Å². The molecule has 0 spiro atoms. The van der Waals surface area contributed by atoms with Crippen molar-refractivity contribution < 1.29 is 28.7 Å². The number of ether oxygens (including phenoxy) is 2. The summed E-state index contributed by atoms with van der Waals surface area (Å²) in [5.41, 5.74) is 7.56. The first-order chi connectivity index (χ1) is 30.0. The van der Waals surface area contributed by atoms with Gasteiger partial charge < -0.3 is 45.5 Å². The molecule has 1 aromatic heterocycles. The molecule has 62 heavy (non-hydrogen) atoms. The van der Waals surface area contributed by atoms with E-state index in [4.69, 9.17) is 14.5 Å². The number of imidazole rings is 1. The highest BCUT2D eigenvalue weighted by Crippen LogP contribution is 2.35. The number of aromatic amines is 1. The molecular formula is C48H52N8O6. The van der Waals surface area contributed by atoms with Crippen molar-refractivity contribution in [3.8, 4) is 22.4 Å². The summed E-state index contributed by atoms with van der Waals surface area (Å²) in [5, 5.41) is 14.7. The number of nitrogens with one attached hydrogen (secondary N) is 5. The molecule has 0 saturated carbocycles. The maximum Gasteiger partial charge on any atom is 0.407 e. The van der Waals surface area contributed by atoms with Crippen molar-refractivity contribution in [2.24, 2.45) is 5.92 Å². The molecule has 0 bridgehead atoms. The average Bonchev–Trinajstić information content (AvgIpc) is 4.14. The minimum atomic E-state index is -0.881. The predicted octanol–water partition coefficient (Wildman–Crippen LogP) is 7.01. The first kappa shape index (κ1) is 41.6. The zero-order chi connectivity index (χ0) is 43.5. The Hall–Kier alpha value is -7.09. The van der Waals surface area contributed by atoms with Crippen LogP contribution in [0.25, 0.3) is 38.9 Å². The van der Waals surface area contributed by atoms with Crippen molar-refractivity contribution in [2.45, 2.75) is 63.4 Å². The lowest BCUT2D eigenvalue weighted by molar-refractivity contribution is -0.136. The number of carbonyl (C=O) groups is 4. The number of methoxy groups -OCH3 is 2. The Balaban J connectivity index is 0.923. The maximum absolute atomic E-state index is 13.9. The van der Waals surface area contributed by atoms with E-state index in [2.05, 4.69) is 93.5 Å². The Kier molecular flexibility index (Phi) is 12.0. The minimum Gasteiger partial charge on any atom is -0.453 e. The van der Waals surface area contributed by atoms with Gasteiger partial charge in [0, 0.05) is 19.3 Å². The van der Waals surface area contributed by atoms with E-state index < -0.39 is 24.3 Å². The van der Waals surface area contributed by atoms with Crippen LogP contribution in [0.5, 0.6) is 0 Å². The zero-order valence-electron chi connectivity index (χ0n) is 35.3. The number of alkyl carbamates (subject to hydrolysis) is 2. The molecule has 320 valence electrons. The highest BCUT2D eigenvalue weighted by atomic mass is 16.5. The summed E-state index contributed by atoms with van der Waals surface area (Å²) < 4.78 is 9.62. The fraction of sp³-hybridized carbons (Fsp3) is 0.312. The van der Waals surface area contributed by atoms with Gasteiger partial charge in [-0.2, -0.15) is 0 Å². The molecule has 5 N–H and O–H groups in total. The van der Waals surface area contributed by atoms with E-state index in [-0.39, 0.29) is 36.0 Å². The van der Waals surface area contributed by atoms with E-state index >= 15 is 0 Å². The zero-order valence-corrected chi connectivity index (χ0v) is 35.3. The molecule has 2 fully saturated rings. The van der Waals surface area contributed by atoms with Crippen molar-refractivity contribution in [3.05, 3.63) is 132 Å². The first-order valence-electron chi connectivity index (χ1n) is 21.0. The fourth-order valence-corrected chi connectivity index (χ4v) is 8.72. The third-order valence-electron chi connectivity index (χ3n) is 12.0. The third-order valence-corrected chi connectivity index (χ3v) is 12.0. The van der Waals surface area contributed by atoms with Gasteiger partial charge >= 0.3 is 12.2 Å². The van der Waals surface area contributed by atoms with Crippen LogP contribution in [-0.4, -0.2) is 89.3 Å². The molecule has 2 saturated heterocycles. The van der Waals surface area contributed by atoms with Crippen molar-refractivity contribution >= 4 is 40.5 Å². The summed E-state index contributed by atoms with van der Waals surface area (Å²) >= 11 is 0. The molecule has 0 radical (unpaired) electrons. The lowest BCUT2D eigenvalue weighted by atomic mass is 9.98. The second-order valence-corrected chi connectivity index (χ2v) is 16.4. The topological polar surface area (TPSA) is 170 Å². The van der Waals surface area contributed by atoms with Gasteiger partial charge in [0.1, 0.15) is 24.1 Å². The fourth-order valence-electron chi connectivity index (χ4n) is 8.72. The van der Waals surface area contributed by atoms with Crippen LogP contribution in [0.1, 0.15) is 62.1 Å². The number of benzene rings is 4. The van der Waals surface area contributed by atoms with Crippen molar-refractivity contribution in [1.82, 2.24) is 41.0 Å². The smallest absolute Gasteiger partial charge is 0.407 e. The highest BCUT2D eigenvalue weighted by molar-refractivity contribution is 5.91. The Morgan fingerprint density at radius 3 is 2.18 bits per heavy atom. The van der Waals surface area contributed by atoms with Crippen LogP contribution in [0.3, 0.4) is 0 Å². The monoisotopic (exact) mass is 836 g/mol. The molecule has 0 aliphatic carbocycles. The number of amides is 4. The number of H-pyrrole nitrogens is 1. The second-order valence-electron chi connectivity index (χ2n) is 16.4. The number of rotatable bonds is 11. The van der Waals surface area contributed by atoms with Crippen molar-refractivity contribution in [1.29, 1.82) is 0 Å². The number of aromatic nitrogens is 2. The number of hydrogen-bond donors (Lipinski definition) is 5. The standard InChI is InChI=1S/C48H52N8O6/c1-28(2)41(53-47(59)61-4)45(57)56-27-29(3)22-40(56)44-50-26-38(52-44)36-20-19-34-23-33(17-18-35(34)24-36)30-13-15-31(16-14-30)37-25-49-43(51-37)39-12-9-21-55(39)46(58)42(54-48(60)62-5)32-10-7-6-8-11-32/h6-8,10-11,13-20,23-26,28,39-42,44,50,52H,3,9,12,21-22,27H2,1-2,4-5H3,(H,49,51)(H,53,59)(H,54,60)/t39-,40-,41-,42+,44?/m0/s1. The van der Waals surface area contributed by atoms with Crippen LogP contribution in [0.2, 0.25) is 0 Å². The molecule has 4 amide bonds. The predicted molar refractivity (Wildman–Crippen MR) is 237 cm³/mol. The van der Waals surface area contributed by atoms with Gasteiger partial charge in [-0.1, -0.05) is 105 Å². The SMILES string of the molecule is C=C1C[C@@H](C2NC=C(c3ccc4cc(-c5ccc(-c6cnc([C@@H]7CCCN7C(=O)[C@H](NC(=O)OC)c7ccccc7)[nH]6)cc5)ccc4c3)N2)N(C(=O)[C@@H](NC(=O)OC)C(C)C)C1. The minimum absolute atomic E-state index is 0.127. The van der Waals surface area contributed by atoms with Crippen LogP contribution in [-0.2, 0) is 19.1 Å². The largest absolute Gasteiger partial charge is 0.453 e. The van der Waals surface area contributed by atoms with E-state index in [1.54, 1.807) is 16.0 Å². The summed E-state index contributed by atoms with van der Waals surface area (Å²) in [6.45, 7) is 8.96. The Bertz CT molecular complexity index is 2520. The van der Waals surface area contributed by atoms with Crippen LogP contribution in [0.4, 0.5) is 9.59 Å². The normalized spacial score (nSPS) is 19.4. The molecule has 14 nitrogen and oxygen atoms in total. The molecule has 3 aliphatic heterocycles. The Morgan fingerprint density at radius 1 is 0.806 bits per heavy atom. The number of nitrogens with zero attached hydrogens (tertiary/aromatic N) is 3. The van der Waals surface area contributed by atoms with Gasteiger partial charge in [0.05, 0.1) is 43.9 Å². The molecule has 14 heteroatoms. The van der Waals surface area contributed by atoms with Gasteiger partial charge in [-0.05, 0) is 75.9 Å². The summed E-state index contributed by atoms with van der Waals surface area (Å²) in [5.74, 6) is 0.202. The maximum atomic E-state index is 13.9. The quantitative estimate of drug-likeness (QED) is 0.0879. The molecule has 5 aromatic rings. The lowest BCUT2D eigenvalue weighted by Gasteiger charge is -2.33.